The predicted octanol–water partition coefficient (Wildman–Crippen LogP) is 5.16. The van der Waals surface area contributed by atoms with Crippen molar-refractivity contribution in [1.29, 1.82) is 0 Å². The first-order valence-corrected chi connectivity index (χ1v) is 12.4. The van der Waals surface area contributed by atoms with Crippen LogP contribution in [-0.4, -0.2) is 32.3 Å². The van der Waals surface area contributed by atoms with Crippen molar-refractivity contribution in [3.05, 3.63) is 92.9 Å². The molecule has 0 aliphatic rings. The smallest absolute Gasteiger partial charge is 0.243 e. The highest BCUT2D eigenvalue weighted by Gasteiger charge is 2.28. The van der Waals surface area contributed by atoms with E-state index in [9.17, 15) is 13.2 Å². The third kappa shape index (κ3) is 6.62. The highest BCUT2D eigenvalue weighted by atomic mass is 35.5. The van der Waals surface area contributed by atoms with Gasteiger partial charge in [0.25, 0.3) is 0 Å². The number of benzene rings is 3. The topological polar surface area (TPSA) is 75.7 Å². The van der Waals surface area contributed by atoms with Crippen LogP contribution in [0.15, 0.2) is 71.6 Å². The third-order valence-corrected chi connectivity index (χ3v) is 7.58. The summed E-state index contributed by atoms with van der Waals surface area (Å²) in [4.78, 5) is 12.7. The Morgan fingerprint density at radius 3 is 2.12 bits per heavy atom. The molecule has 6 nitrogen and oxygen atoms in total. The highest BCUT2D eigenvalue weighted by molar-refractivity contribution is 7.89. The molecule has 0 heterocycles. The summed E-state index contributed by atoms with van der Waals surface area (Å²) in [7, 11) is -2.49. The van der Waals surface area contributed by atoms with E-state index in [4.69, 9.17) is 39.5 Å². The number of rotatable bonds is 9. The maximum atomic E-state index is 13.4. The van der Waals surface area contributed by atoms with E-state index < -0.39 is 22.5 Å². The van der Waals surface area contributed by atoms with Crippen molar-refractivity contribution in [2.75, 3.05) is 13.7 Å². The van der Waals surface area contributed by atoms with Crippen molar-refractivity contribution in [3.8, 4) is 5.75 Å². The largest absolute Gasteiger partial charge is 0.497 e. The lowest BCUT2D eigenvalue weighted by molar-refractivity contribution is -0.121. The molecule has 0 unspecified atom stereocenters. The summed E-state index contributed by atoms with van der Waals surface area (Å²) in [6, 6.07) is 17.8. The van der Waals surface area contributed by atoms with E-state index in [1.54, 1.807) is 37.4 Å². The Labute approximate surface area is 208 Å². The fourth-order valence-corrected chi connectivity index (χ4v) is 5.01. The van der Waals surface area contributed by atoms with Gasteiger partial charge < -0.3 is 10.1 Å². The van der Waals surface area contributed by atoms with Crippen LogP contribution in [0.2, 0.25) is 15.1 Å². The first-order valence-electron chi connectivity index (χ1n) is 9.79. The molecule has 1 amide bonds. The number of halogens is 3. The Hall–Kier alpha value is -2.29. The Kier molecular flexibility index (Phi) is 8.62. The van der Waals surface area contributed by atoms with Crippen molar-refractivity contribution in [1.82, 2.24) is 9.62 Å². The molecule has 3 aromatic carbocycles. The molecule has 3 aromatic rings. The zero-order valence-electron chi connectivity index (χ0n) is 17.6. The van der Waals surface area contributed by atoms with E-state index in [1.807, 2.05) is 12.1 Å². The van der Waals surface area contributed by atoms with Gasteiger partial charge >= 0.3 is 0 Å². The average molecular weight is 528 g/mol. The number of methoxy groups -OCH3 is 1. The predicted molar refractivity (Wildman–Crippen MR) is 130 cm³/mol. The zero-order chi connectivity index (χ0) is 24.0. The quantitative estimate of drug-likeness (QED) is 0.417. The molecule has 0 aliphatic heterocycles. The molecule has 0 atom stereocenters. The average Bonchev–Trinajstić information content (AvgIpc) is 2.80. The van der Waals surface area contributed by atoms with Crippen molar-refractivity contribution in [3.63, 3.8) is 0 Å². The SMILES string of the molecule is COc1ccc(CNC(=O)CN(Cc2c(Cl)cccc2Cl)S(=O)(=O)c2ccc(Cl)cc2)cc1. The molecule has 0 radical (unpaired) electrons. The first kappa shape index (κ1) is 25.3. The Morgan fingerprint density at radius 1 is 0.939 bits per heavy atom. The highest BCUT2D eigenvalue weighted by Crippen LogP contribution is 2.28. The van der Waals surface area contributed by atoms with Crippen LogP contribution >= 0.6 is 34.8 Å². The molecule has 33 heavy (non-hydrogen) atoms. The number of carbonyl (C=O) groups is 1. The minimum absolute atomic E-state index is 0.00182. The zero-order valence-corrected chi connectivity index (χ0v) is 20.7. The molecular weight excluding hydrogens is 507 g/mol. The van der Waals surface area contributed by atoms with Crippen molar-refractivity contribution >= 4 is 50.7 Å². The molecule has 0 saturated carbocycles. The molecule has 0 spiro atoms. The maximum Gasteiger partial charge on any atom is 0.243 e. The van der Waals surface area contributed by atoms with Crippen LogP contribution in [0.5, 0.6) is 5.75 Å². The van der Waals surface area contributed by atoms with Crippen molar-refractivity contribution in [2.24, 2.45) is 0 Å². The third-order valence-electron chi connectivity index (χ3n) is 4.82. The number of sulfonamides is 1. The van der Waals surface area contributed by atoms with Gasteiger partial charge in [-0.2, -0.15) is 4.31 Å². The molecule has 0 aliphatic carbocycles. The van der Waals surface area contributed by atoms with Crippen molar-refractivity contribution in [2.45, 2.75) is 18.0 Å². The Balaban J connectivity index is 1.82. The van der Waals surface area contributed by atoms with Crippen LogP contribution in [0.25, 0.3) is 0 Å². The van der Waals surface area contributed by atoms with Gasteiger partial charge in [-0.15, -0.1) is 0 Å². The molecule has 0 fully saturated rings. The van der Waals surface area contributed by atoms with E-state index in [0.29, 0.717) is 26.4 Å². The van der Waals surface area contributed by atoms with Crippen LogP contribution in [-0.2, 0) is 27.9 Å². The Morgan fingerprint density at radius 2 is 1.55 bits per heavy atom. The second kappa shape index (κ2) is 11.2. The van der Waals surface area contributed by atoms with Gasteiger partial charge in [0.05, 0.1) is 18.6 Å². The number of amides is 1. The lowest BCUT2D eigenvalue weighted by atomic mass is 10.2. The minimum atomic E-state index is -4.06. The first-order chi connectivity index (χ1) is 15.7. The fraction of sp³-hybridized carbons (Fsp3) is 0.174. The molecule has 3 rings (SSSR count). The lowest BCUT2D eigenvalue weighted by Gasteiger charge is -2.23. The van der Waals surface area contributed by atoms with Gasteiger partial charge in [-0.05, 0) is 54.1 Å². The van der Waals surface area contributed by atoms with E-state index in [1.165, 1.54) is 24.3 Å². The summed E-state index contributed by atoms with van der Waals surface area (Å²) >= 11 is 18.4. The fourth-order valence-electron chi connectivity index (χ4n) is 3.00. The van der Waals surface area contributed by atoms with Gasteiger partial charge in [-0.1, -0.05) is 53.0 Å². The molecule has 0 bridgehead atoms. The van der Waals surface area contributed by atoms with E-state index >= 15 is 0 Å². The number of hydrogen-bond acceptors (Lipinski definition) is 4. The van der Waals surface area contributed by atoms with Gasteiger partial charge in [0.15, 0.2) is 0 Å². The summed E-state index contributed by atoms with van der Waals surface area (Å²) in [5, 5.41) is 3.74. The Bertz CT molecular complexity index is 1200. The standard InChI is InChI=1S/C23H21Cl3N2O4S/c1-32-18-9-5-16(6-10-18)13-27-23(29)15-28(14-20-21(25)3-2-4-22(20)26)33(30,31)19-11-7-17(24)8-12-19/h2-12H,13-15H2,1H3,(H,27,29). The summed E-state index contributed by atoms with van der Waals surface area (Å²) < 4.78 is 32.9. The van der Waals surface area contributed by atoms with Crippen LogP contribution < -0.4 is 10.1 Å². The number of nitrogens with zero attached hydrogens (tertiary/aromatic N) is 1. The second-order valence-electron chi connectivity index (χ2n) is 7.05. The number of carbonyl (C=O) groups excluding carboxylic acids is 1. The second-order valence-corrected chi connectivity index (χ2v) is 10.2. The van der Waals surface area contributed by atoms with Crippen molar-refractivity contribution < 1.29 is 17.9 Å². The summed E-state index contributed by atoms with van der Waals surface area (Å²) in [5.74, 6) is 0.216. The van der Waals surface area contributed by atoms with Crippen LogP contribution in [0.4, 0.5) is 0 Å². The van der Waals surface area contributed by atoms with Crippen LogP contribution in [0, 0.1) is 0 Å². The maximum absolute atomic E-state index is 13.4. The summed E-state index contributed by atoms with van der Waals surface area (Å²) in [5.41, 5.74) is 1.24. The van der Waals surface area contributed by atoms with Gasteiger partial charge in [-0.25, -0.2) is 8.42 Å². The van der Waals surface area contributed by atoms with E-state index in [-0.39, 0.29) is 18.0 Å². The lowest BCUT2D eigenvalue weighted by Crippen LogP contribution is -2.40. The molecule has 1 N–H and O–H groups in total. The number of hydrogen-bond donors (Lipinski definition) is 1. The molecule has 0 saturated heterocycles. The van der Waals surface area contributed by atoms with Gasteiger partial charge in [0.1, 0.15) is 5.75 Å². The molecule has 10 heteroatoms. The minimum Gasteiger partial charge on any atom is -0.497 e. The van der Waals surface area contributed by atoms with Gasteiger partial charge in [0.2, 0.25) is 15.9 Å². The van der Waals surface area contributed by atoms with E-state index in [2.05, 4.69) is 5.32 Å². The monoisotopic (exact) mass is 526 g/mol. The van der Waals surface area contributed by atoms with Crippen LogP contribution in [0.3, 0.4) is 0 Å². The van der Waals surface area contributed by atoms with Gasteiger partial charge in [-0.3, -0.25) is 4.79 Å². The normalized spacial score (nSPS) is 11.4. The van der Waals surface area contributed by atoms with Crippen LogP contribution in [0.1, 0.15) is 11.1 Å². The van der Waals surface area contributed by atoms with Gasteiger partial charge in [0, 0.05) is 33.7 Å². The van der Waals surface area contributed by atoms with E-state index in [0.717, 1.165) is 9.87 Å². The number of nitrogens with one attached hydrogen (secondary N) is 1. The summed E-state index contributed by atoms with van der Waals surface area (Å²) in [6.07, 6.45) is 0. The molecular formula is C23H21Cl3N2O4S. The molecule has 174 valence electrons. The summed E-state index contributed by atoms with van der Waals surface area (Å²) in [6.45, 7) is -0.382. The number of ether oxygens (including phenoxy) is 1. The molecule has 0 aromatic heterocycles.